The molecule has 0 spiro atoms. The third-order valence-electron chi connectivity index (χ3n) is 3.59. The highest BCUT2D eigenvalue weighted by atomic mass is 32.5. The van der Waals surface area contributed by atoms with Crippen molar-refractivity contribution in [3.8, 4) is 0 Å². The molecular formula is C10H14N4O10P2S. The number of imidazole rings is 1. The summed E-state index contributed by atoms with van der Waals surface area (Å²) < 4.78 is 26.7. The van der Waals surface area contributed by atoms with Crippen LogP contribution in [0.25, 0.3) is 11.2 Å². The van der Waals surface area contributed by atoms with E-state index in [2.05, 4.69) is 35.6 Å². The molecule has 14 nitrogen and oxygen atoms in total. The molecule has 2 aromatic heterocycles. The topological polar surface area (TPSA) is 209 Å². The van der Waals surface area contributed by atoms with Crippen LogP contribution in [0.1, 0.15) is 6.23 Å². The maximum absolute atomic E-state index is 11.7. The minimum Gasteiger partial charge on any atom is -0.387 e. The zero-order valence-electron chi connectivity index (χ0n) is 13.1. The third-order valence-corrected chi connectivity index (χ3v) is 6.34. The first kappa shape index (κ1) is 20.6. The Morgan fingerprint density at radius 1 is 1.30 bits per heavy atom. The molecule has 27 heavy (non-hydrogen) atoms. The zero-order valence-corrected chi connectivity index (χ0v) is 15.7. The van der Waals surface area contributed by atoms with E-state index in [4.69, 9.17) is 14.5 Å². The average Bonchev–Trinajstić information content (AvgIpc) is 3.07. The SMILES string of the molecule is O=c1[nH]cnc2c1ncn2[C@@H]1O[C@H](COP(=O)(O)OP(O)(O)=S)[C@@H](O)[C@H]1O. The number of hydrogen-bond donors (Lipinski definition) is 6. The van der Waals surface area contributed by atoms with Gasteiger partial charge in [0, 0.05) is 0 Å². The molecule has 150 valence electrons. The summed E-state index contributed by atoms with van der Waals surface area (Å²) in [7, 11) is -4.94. The summed E-state index contributed by atoms with van der Waals surface area (Å²) in [5, 5.41) is 20.3. The second-order valence-corrected chi connectivity index (χ2v) is 9.70. The maximum Gasteiger partial charge on any atom is 0.479 e. The fourth-order valence-electron chi connectivity index (χ4n) is 2.47. The lowest BCUT2D eigenvalue weighted by molar-refractivity contribution is -0.0502. The van der Waals surface area contributed by atoms with Crippen molar-refractivity contribution in [2.45, 2.75) is 24.5 Å². The monoisotopic (exact) mass is 444 g/mol. The van der Waals surface area contributed by atoms with Crippen molar-refractivity contribution in [2.24, 2.45) is 0 Å². The van der Waals surface area contributed by atoms with Crippen LogP contribution in [0.2, 0.25) is 0 Å². The van der Waals surface area contributed by atoms with Crippen molar-refractivity contribution in [3.63, 3.8) is 0 Å². The van der Waals surface area contributed by atoms with Gasteiger partial charge in [-0.3, -0.25) is 13.9 Å². The van der Waals surface area contributed by atoms with Gasteiger partial charge in [0.25, 0.3) is 5.56 Å². The third kappa shape index (κ3) is 4.50. The molecule has 3 heterocycles. The van der Waals surface area contributed by atoms with Crippen molar-refractivity contribution in [2.75, 3.05) is 6.61 Å². The molecular weight excluding hydrogens is 430 g/mol. The Labute approximate surface area is 154 Å². The molecule has 1 unspecified atom stereocenters. The summed E-state index contributed by atoms with van der Waals surface area (Å²) in [6.07, 6.45) is -3.31. The van der Waals surface area contributed by atoms with Crippen LogP contribution < -0.4 is 5.56 Å². The number of rotatable bonds is 6. The number of nitrogens with one attached hydrogen (secondary N) is 1. The molecule has 2 aromatic rings. The van der Waals surface area contributed by atoms with Crippen molar-refractivity contribution < 1.29 is 43.0 Å². The Hall–Kier alpha value is -1.09. The van der Waals surface area contributed by atoms with Crippen LogP contribution in [0, 0.1) is 0 Å². The van der Waals surface area contributed by atoms with Gasteiger partial charge < -0.3 is 34.6 Å². The second-order valence-electron chi connectivity index (χ2n) is 5.44. The van der Waals surface area contributed by atoms with E-state index >= 15 is 0 Å². The summed E-state index contributed by atoms with van der Waals surface area (Å²) in [5.41, 5.74) is -0.463. The lowest BCUT2D eigenvalue weighted by atomic mass is 10.1. The van der Waals surface area contributed by atoms with Gasteiger partial charge in [0.2, 0.25) is 0 Å². The smallest absolute Gasteiger partial charge is 0.387 e. The molecule has 6 N–H and O–H groups in total. The van der Waals surface area contributed by atoms with Gasteiger partial charge >= 0.3 is 14.5 Å². The number of nitrogens with zero attached hydrogens (tertiary/aromatic N) is 3. The number of hydrogen-bond acceptors (Lipinski definition) is 10. The van der Waals surface area contributed by atoms with Crippen LogP contribution in [0.5, 0.6) is 0 Å². The highest BCUT2D eigenvalue weighted by Crippen LogP contribution is 2.58. The maximum atomic E-state index is 11.7. The van der Waals surface area contributed by atoms with Crippen LogP contribution in [-0.2, 0) is 29.9 Å². The molecule has 0 bridgehead atoms. The molecule has 1 aliphatic rings. The van der Waals surface area contributed by atoms with Gasteiger partial charge in [-0.2, -0.15) is 0 Å². The summed E-state index contributed by atoms with van der Waals surface area (Å²) in [4.78, 5) is 49.0. The highest BCUT2D eigenvalue weighted by molar-refractivity contribution is 8.08. The Bertz CT molecular complexity index is 990. The van der Waals surface area contributed by atoms with Crippen molar-refractivity contribution in [3.05, 3.63) is 23.0 Å². The van der Waals surface area contributed by atoms with Crippen LogP contribution >= 0.6 is 14.5 Å². The molecule has 1 aliphatic heterocycles. The van der Waals surface area contributed by atoms with Crippen molar-refractivity contribution in [1.82, 2.24) is 19.5 Å². The minimum absolute atomic E-state index is 0.0209. The van der Waals surface area contributed by atoms with E-state index in [0.29, 0.717) is 0 Å². The molecule has 1 saturated heterocycles. The molecule has 3 rings (SSSR count). The van der Waals surface area contributed by atoms with E-state index < -0.39 is 51.2 Å². The van der Waals surface area contributed by atoms with Gasteiger partial charge in [0.1, 0.15) is 18.3 Å². The molecule has 17 heteroatoms. The number of ether oxygens (including phenoxy) is 1. The van der Waals surface area contributed by atoms with E-state index in [0.717, 1.165) is 6.33 Å². The fourth-order valence-corrected chi connectivity index (χ4v) is 4.83. The van der Waals surface area contributed by atoms with Gasteiger partial charge in [0.05, 0.1) is 19.3 Å². The van der Waals surface area contributed by atoms with Gasteiger partial charge in [-0.25, -0.2) is 18.8 Å². The average molecular weight is 444 g/mol. The first-order chi connectivity index (χ1) is 12.5. The molecule has 0 radical (unpaired) electrons. The van der Waals surface area contributed by atoms with E-state index in [1.54, 1.807) is 0 Å². The highest BCUT2D eigenvalue weighted by Gasteiger charge is 2.45. The summed E-state index contributed by atoms with van der Waals surface area (Å²) in [6, 6.07) is 0. The number of H-pyrrole nitrogens is 1. The molecule has 5 atom stereocenters. The summed E-state index contributed by atoms with van der Waals surface area (Å²) in [6.45, 7) is -5.22. The molecule has 1 fully saturated rings. The Kier molecular flexibility index (Phi) is 5.65. The first-order valence-corrected chi connectivity index (χ1v) is 11.3. The van der Waals surface area contributed by atoms with E-state index in [9.17, 15) is 24.5 Å². The number of fused-ring (bicyclic) bond motifs is 1. The number of phosphoric ester groups is 1. The van der Waals surface area contributed by atoms with Crippen LogP contribution in [0.4, 0.5) is 0 Å². The summed E-state index contributed by atoms with van der Waals surface area (Å²) in [5.74, 6) is 0. The van der Waals surface area contributed by atoms with Gasteiger partial charge in [-0.05, 0) is 11.8 Å². The van der Waals surface area contributed by atoms with E-state index in [1.807, 2.05) is 0 Å². The van der Waals surface area contributed by atoms with Crippen LogP contribution in [-0.4, -0.2) is 69.3 Å². The normalized spacial score (nSPS) is 28.5. The standard InChI is InChI=1S/C10H14N4O10P2S/c15-6-4(1-22-25(18,19)24-26(20,21)27)23-10(7(6)16)14-3-13-5-8(14)11-2-12-9(5)17/h2-4,6-7,10,15-16H,1H2,(H,18,19)(H,11,12,17)(H2,20,21,27)/t4-,6-,7-,10-/m1/s1. The Morgan fingerprint density at radius 3 is 2.67 bits per heavy atom. The molecule has 0 amide bonds. The number of aliphatic hydroxyl groups excluding tert-OH is 2. The number of aliphatic hydroxyl groups is 2. The fraction of sp³-hybridized carbons (Fsp3) is 0.500. The lowest BCUT2D eigenvalue weighted by Gasteiger charge is -2.18. The van der Waals surface area contributed by atoms with E-state index in [1.165, 1.54) is 10.9 Å². The van der Waals surface area contributed by atoms with Crippen molar-refractivity contribution >= 4 is 37.5 Å². The second kappa shape index (κ2) is 7.39. The number of phosphoric acid groups is 1. The van der Waals surface area contributed by atoms with Crippen molar-refractivity contribution in [1.29, 1.82) is 0 Å². The first-order valence-electron chi connectivity index (χ1n) is 7.14. The molecule has 0 aromatic carbocycles. The van der Waals surface area contributed by atoms with Crippen LogP contribution in [0.15, 0.2) is 17.4 Å². The van der Waals surface area contributed by atoms with E-state index in [-0.39, 0.29) is 11.2 Å². The minimum atomic E-state index is -4.94. The molecule has 0 aliphatic carbocycles. The molecule has 0 saturated carbocycles. The quantitative estimate of drug-likeness (QED) is 0.269. The predicted octanol–water partition coefficient (Wildman–Crippen LogP) is -1.92. The predicted molar refractivity (Wildman–Crippen MR) is 89.7 cm³/mol. The Balaban J connectivity index is 1.76. The van der Waals surface area contributed by atoms with Crippen LogP contribution in [0.3, 0.4) is 0 Å². The Morgan fingerprint density at radius 2 is 2.00 bits per heavy atom. The van der Waals surface area contributed by atoms with Gasteiger partial charge in [-0.15, -0.1) is 0 Å². The lowest BCUT2D eigenvalue weighted by Crippen LogP contribution is -2.33. The summed E-state index contributed by atoms with van der Waals surface area (Å²) >= 11 is 4.07. The number of aromatic amines is 1. The van der Waals surface area contributed by atoms with Gasteiger partial charge in [-0.1, -0.05) is 0 Å². The number of aromatic nitrogens is 4. The largest absolute Gasteiger partial charge is 0.479 e. The zero-order chi connectivity index (χ0) is 20.0. The van der Waals surface area contributed by atoms with Gasteiger partial charge in [0.15, 0.2) is 17.4 Å².